The number of fused-ring (bicyclic) bond motifs is 2. The Labute approximate surface area is 154 Å². The van der Waals surface area contributed by atoms with Gasteiger partial charge >= 0.3 is 6.03 Å². The second kappa shape index (κ2) is 6.19. The Morgan fingerprint density at radius 1 is 1.12 bits per heavy atom. The fraction of sp³-hybridized carbons (Fsp3) is 0.263. The monoisotopic (exact) mass is 400 g/mol. The molecule has 1 aliphatic carbocycles. The van der Waals surface area contributed by atoms with Crippen LogP contribution in [0.3, 0.4) is 0 Å². The van der Waals surface area contributed by atoms with E-state index in [-0.39, 0.29) is 25.1 Å². The molecule has 5 nitrogen and oxygen atoms in total. The van der Waals surface area contributed by atoms with E-state index in [0.717, 1.165) is 22.0 Å². The van der Waals surface area contributed by atoms with Gasteiger partial charge in [0.05, 0.1) is 6.54 Å². The third kappa shape index (κ3) is 2.70. The molecule has 0 aromatic heterocycles. The Bertz CT molecular complexity index is 837. The second-order valence-corrected chi connectivity index (χ2v) is 7.17. The lowest BCUT2D eigenvalue weighted by atomic mass is 9.92. The van der Waals surface area contributed by atoms with Crippen LogP contribution < -0.4 is 10.1 Å². The lowest BCUT2D eigenvalue weighted by Gasteiger charge is -2.22. The molecule has 1 heterocycles. The van der Waals surface area contributed by atoms with Gasteiger partial charge in [0.25, 0.3) is 5.91 Å². The number of benzene rings is 2. The number of ether oxygens (including phenoxy) is 1. The summed E-state index contributed by atoms with van der Waals surface area (Å²) in [6.07, 6.45) is 1.41. The first-order valence-electron chi connectivity index (χ1n) is 8.21. The molecule has 1 aliphatic heterocycles. The number of aryl methyl sites for hydroxylation is 1. The average Bonchev–Trinajstić information content (AvgIpc) is 3.10. The molecule has 0 unspecified atom stereocenters. The zero-order chi connectivity index (χ0) is 17.4. The van der Waals surface area contributed by atoms with Crippen LogP contribution in [0.1, 0.15) is 17.5 Å². The van der Waals surface area contributed by atoms with E-state index in [1.54, 1.807) is 0 Å². The molecule has 2 aromatic carbocycles. The van der Waals surface area contributed by atoms with E-state index in [0.29, 0.717) is 12.2 Å². The molecule has 3 amide bonds. The molecule has 128 valence electrons. The third-order valence-corrected chi connectivity index (χ3v) is 5.35. The molecule has 2 aliphatic rings. The third-order valence-electron chi connectivity index (χ3n) is 4.82. The molecule has 4 rings (SSSR count). The Balaban J connectivity index is 1.46. The summed E-state index contributed by atoms with van der Waals surface area (Å²) in [4.78, 5) is 26.6. The summed E-state index contributed by atoms with van der Waals surface area (Å²) in [5, 5.41) is 2.92. The number of hydrogen-bond acceptors (Lipinski definition) is 3. The highest BCUT2D eigenvalue weighted by atomic mass is 79.9. The number of imide groups is 1. The van der Waals surface area contributed by atoms with Gasteiger partial charge in [-0.15, -0.1) is 0 Å². The van der Waals surface area contributed by atoms with Crippen LogP contribution in [0.4, 0.5) is 4.79 Å². The minimum atomic E-state index is -0.898. The first-order valence-corrected chi connectivity index (χ1v) is 9.00. The van der Waals surface area contributed by atoms with Crippen LogP contribution in [0.2, 0.25) is 0 Å². The number of carbonyl (C=O) groups excluding carboxylic acids is 2. The molecular formula is C19H17BrN2O3. The highest BCUT2D eigenvalue weighted by Crippen LogP contribution is 2.41. The van der Waals surface area contributed by atoms with Gasteiger partial charge in [0.2, 0.25) is 0 Å². The molecule has 25 heavy (non-hydrogen) atoms. The van der Waals surface area contributed by atoms with E-state index in [2.05, 4.69) is 21.2 Å². The number of nitrogens with zero attached hydrogens (tertiary/aromatic N) is 1. The van der Waals surface area contributed by atoms with Gasteiger partial charge in [0.1, 0.15) is 17.9 Å². The first-order chi connectivity index (χ1) is 12.1. The van der Waals surface area contributed by atoms with Crippen molar-refractivity contribution in [1.29, 1.82) is 0 Å². The highest BCUT2D eigenvalue weighted by molar-refractivity contribution is 9.10. The number of hydrogen-bond donors (Lipinski definition) is 1. The second-order valence-electron chi connectivity index (χ2n) is 6.25. The largest absolute Gasteiger partial charge is 0.492 e. The zero-order valence-corrected chi connectivity index (χ0v) is 15.1. The van der Waals surface area contributed by atoms with Crippen LogP contribution in [-0.4, -0.2) is 30.0 Å². The quantitative estimate of drug-likeness (QED) is 0.801. The summed E-state index contributed by atoms with van der Waals surface area (Å²) in [5.41, 5.74) is 1.15. The van der Waals surface area contributed by atoms with E-state index in [9.17, 15) is 9.59 Å². The number of amides is 3. The minimum Gasteiger partial charge on any atom is -0.492 e. The summed E-state index contributed by atoms with van der Waals surface area (Å²) >= 11 is 3.37. The van der Waals surface area contributed by atoms with Crippen molar-refractivity contribution in [2.75, 3.05) is 13.2 Å². The molecule has 1 fully saturated rings. The number of nitrogens with one attached hydrogen (secondary N) is 1. The molecule has 1 spiro atoms. The number of carbonyl (C=O) groups is 2. The van der Waals surface area contributed by atoms with Crippen LogP contribution in [0, 0.1) is 0 Å². The predicted molar refractivity (Wildman–Crippen MR) is 96.3 cm³/mol. The minimum absolute atomic E-state index is 0.179. The van der Waals surface area contributed by atoms with Crippen LogP contribution in [0.25, 0.3) is 0 Å². The fourth-order valence-electron chi connectivity index (χ4n) is 3.58. The van der Waals surface area contributed by atoms with Gasteiger partial charge in [-0.3, -0.25) is 9.69 Å². The van der Waals surface area contributed by atoms with E-state index in [1.807, 2.05) is 48.5 Å². The number of rotatable bonds is 4. The van der Waals surface area contributed by atoms with E-state index >= 15 is 0 Å². The van der Waals surface area contributed by atoms with Crippen molar-refractivity contribution in [3.63, 3.8) is 0 Å². The Morgan fingerprint density at radius 3 is 2.68 bits per heavy atom. The lowest BCUT2D eigenvalue weighted by molar-refractivity contribution is -0.131. The SMILES string of the molecule is O=C1N[C@@]2(CCc3ccccc32)C(=O)N1CCOc1ccc(Br)cc1. The van der Waals surface area contributed by atoms with Gasteiger partial charge in [-0.1, -0.05) is 40.2 Å². The molecule has 1 atom stereocenters. The summed E-state index contributed by atoms with van der Waals surface area (Å²) in [7, 11) is 0. The Morgan fingerprint density at radius 2 is 1.88 bits per heavy atom. The summed E-state index contributed by atoms with van der Waals surface area (Å²) in [5.74, 6) is 0.526. The zero-order valence-electron chi connectivity index (χ0n) is 13.5. The van der Waals surface area contributed by atoms with Crippen molar-refractivity contribution in [2.24, 2.45) is 0 Å². The van der Waals surface area contributed by atoms with Crippen molar-refractivity contribution in [1.82, 2.24) is 10.2 Å². The van der Waals surface area contributed by atoms with Gasteiger partial charge in [-0.25, -0.2) is 4.79 Å². The predicted octanol–water partition coefficient (Wildman–Crippen LogP) is 3.22. The van der Waals surface area contributed by atoms with Crippen molar-refractivity contribution < 1.29 is 14.3 Å². The Kier molecular flexibility index (Phi) is 4.00. The fourth-order valence-corrected chi connectivity index (χ4v) is 3.84. The molecule has 1 saturated heterocycles. The molecule has 0 bridgehead atoms. The summed E-state index contributed by atoms with van der Waals surface area (Å²) in [6, 6.07) is 14.9. The molecular weight excluding hydrogens is 384 g/mol. The van der Waals surface area contributed by atoms with Crippen molar-refractivity contribution in [3.8, 4) is 5.75 Å². The molecule has 6 heteroatoms. The van der Waals surface area contributed by atoms with E-state index in [1.165, 1.54) is 4.90 Å². The topological polar surface area (TPSA) is 58.6 Å². The first kappa shape index (κ1) is 16.1. The van der Waals surface area contributed by atoms with Crippen molar-refractivity contribution >= 4 is 27.9 Å². The Hall–Kier alpha value is -2.34. The average molecular weight is 401 g/mol. The van der Waals surface area contributed by atoms with Crippen LogP contribution in [0.15, 0.2) is 53.0 Å². The normalized spacial score (nSPS) is 21.6. The van der Waals surface area contributed by atoms with E-state index in [4.69, 9.17) is 4.74 Å². The van der Waals surface area contributed by atoms with Crippen LogP contribution in [0.5, 0.6) is 5.75 Å². The standard InChI is InChI=1S/C19H17BrN2O3/c20-14-5-7-15(8-6-14)25-12-11-22-17(23)19(21-18(22)24)10-9-13-3-1-2-4-16(13)19/h1-8H,9-12H2,(H,21,24)/t19-/m1/s1. The molecule has 0 saturated carbocycles. The maximum atomic E-state index is 13.0. The molecule has 2 aromatic rings. The van der Waals surface area contributed by atoms with Gasteiger partial charge in [-0.05, 0) is 48.2 Å². The van der Waals surface area contributed by atoms with Crippen molar-refractivity contribution in [3.05, 3.63) is 64.1 Å². The molecule has 1 N–H and O–H groups in total. The maximum absolute atomic E-state index is 13.0. The summed E-state index contributed by atoms with van der Waals surface area (Å²) in [6.45, 7) is 0.489. The smallest absolute Gasteiger partial charge is 0.325 e. The van der Waals surface area contributed by atoms with Crippen LogP contribution >= 0.6 is 15.9 Å². The van der Waals surface area contributed by atoms with Gasteiger partial charge in [-0.2, -0.15) is 0 Å². The highest BCUT2D eigenvalue weighted by Gasteiger charge is 2.54. The summed E-state index contributed by atoms with van der Waals surface area (Å²) < 4.78 is 6.61. The maximum Gasteiger partial charge on any atom is 0.325 e. The molecule has 0 radical (unpaired) electrons. The van der Waals surface area contributed by atoms with Gasteiger partial charge in [0, 0.05) is 4.47 Å². The van der Waals surface area contributed by atoms with Crippen molar-refractivity contribution in [2.45, 2.75) is 18.4 Å². The van der Waals surface area contributed by atoms with E-state index < -0.39 is 5.54 Å². The van der Waals surface area contributed by atoms with Gasteiger partial charge < -0.3 is 10.1 Å². The number of halogens is 1. The van der Waals surface area contributed by atoms with Gasteiger partial charge in [0.15, 0.2) is 0 Å². The number of urea groups is 1. The van der Waals surface area contributed by atoms with Crippen LogP contribution in [-0.2, 0) is 16.8 Å². The lowest BCUT2D eigenvalue weighted by Crippen LogP contribution is -2.42.